The van der Waals surface area contributed by atoms with Crippen molar-refractivity contribution in [1.82, 2.24) is 0 Å². The van der Waals surface area contributed by atoms with Crippen LogP contribution in [0.1, 0.15) is 56.0 Å². The maximum atomic E-state index is 13.0. The van der Waals surface area contributed by atoms with E-state index >= 15 is 0 Å². The number of benzene rings is 2. The second kappa shape index (κ2) is 10.9. The summed E-state index contributed by atoms with van der Waals surface area (Å²) in [4.78, 5) is 38.8. The minimum absolute atomic E-state index is 0.0588. The van der Waals surface area contributed by atoms with E-state index < -0.39 is 36.0 Å². The zero-order valence-corrected chi connectivity index (χ0v) is 18.4. The molecule has 2 rings (SSSR count). The lowest BCUT2D eigenvalue weighted by Gasteiger charge is -2.26. The highest BCUT2D eigenvalue weighted by atomic mass is 35.5. The van der Waals surface area contributed by atoms with Gasteiger partial charge in [0.05, 0.1) is 12.2 Å². The van der Waals surface area contributed by atoms with Crippen molar-refractivity contribution in [3.8, 4) is 0 Å². The van der Waals surface area contributed by atoms with Gasteiger partial charge in [0.2, 0.25) is 0 Å². The van der Waals surface area contributed by atoms with Crippen LogP contribution in [0.2, 0.25) is 5.02 Å². The monoisotopic (exact) mass is 430 g/mol. The van der Waals surface area contributed by atoms with Gasteiger partial charge >= 0.3 is 11.9 Å². The minimum atomic E-state index is -1.27. The predicted octanol–water partition coefficient (Wildman–Crippen LogP) is 5.22. The molecule has 1 atom stereocenters. The van der Waals surface area contributed by atoms with Crippen LogP contribution in [0.15, 0.2) is 54.6 Å². The summed E-state index contributed by atoms with van der Waals surface area (Å²) in [6.07, 6.45) is -0.887. The van der Waals surface area contributed by atoms with E-state index in [-0.39, 0.29) is 12.2 Å². The van der Waals surface area contributed by atoms with Crippen molar-refractivity contribution in [2.24, 2.45) is 5.92 Å². The van der Waals surface area contributed by atoms with Crippen molar-refractivity contribution >= 4 is 29.3 Å². The Labute approximate surface area is 182 Å². The highest BCUT2D eigenvalue weighted by Crippen LogP contribution is 2.33. The summed E-state index contributed by atoms with van der Waals surface area (Å²) in [6.45, 7) is 6.81. The predicted molar refractivity (Wildman–Crippen MR) is 116 cm³/mol. The van der Waals surface area contributed by atoms with Gasteiger partial charge < -0.3 is 9.47 Å². The SMILES string of the molecule is CC(C)OC(=O)C(C(=O)OC(C)C)C(CC(=O)c1ccccc1)c1ccc(Cl)cc1. The van der Waals surface area contributed by atoms with Crippen LogP contribution in [0.25, 0.3) is 0 Å². The van der Waals surface area contributed by atoms with E-state index in [1.165, 1.54) is 0 Å². The quantitative estimate of drug-likeness (QED) is 0.310. The van der Waals surface area contributed by atoms with E-state index in [9.17, 15) is 14.4 Å². The third-order valence-electron chi connectivity index (χ3n) is 4.41. The average Bonchev–Trinajstić information content (AvgIpc) is 2.67. The summed E-state index contributed by atoms with van der Waals surface area (Å²) in [5.41, 5.74) is 1.14. The first-order valence-corrected chi connectivity index (χ1v) is 10.3. The Morgan fingerprint density at radius 2 is 1.30 bits per heavy atom. The van der Waals surface area contributed by atoms with E-state index in [2.05, 4.69) is 0 Å². The number of hydrogen-bond acceptors (Lipinski definition) is 5. The van der Waals surface area contributed by atoms with Crippen molar-refractivity contribution in [2.45, 2.75) is 52.2 Å². The molecule has 2 aromatic carbocycles. The molecule has 5 nitrogen and oxygen atoms in total. The number of Topliss-reactive ketones (excluding diaryl/α,β-unsaturated/α-hetero) is 1. The van der Waals surface area contributed by atoms with Gasteiger partial charge in [0.25, 0.3) is 0 Å². The molecule has 0 aliphatic rings. The van der Waals surface area contributed by atoms with Crippen LogP contribution in [0, 0.1) is 5.92 Å². The fourth-order valence-electron chi connectivity index (χ4n) is 3.12. The lowest BCUT2D eigenvalue weighted by Crippen LogP contribution is -2.36. The molecule has 0 N–H and O–H groups in total. The fourth-order valence-corrected chi connectivity index (χ4v) is 3.24. The molecule has 0 spiro atoms. The number of esters is 2. The van der Waals surface area contributed by atoms with Gasteiger partial charge in [-0.2, -0.15) is 0 Å². The summed E-state index contributed by atoms with van der Waals surface area (Å²) in [7, 11) is 0. The van der Waals surface area contributed by atoms with Crippen molar-refractivity contribution in [1.29, 1.82) is 0 Å². The smallest absolute Gasteiger partial charge is 0.321 e. The van der Waals surface area contributed by atoms with E-state index in [0.29, 0.717) is 16.1 Å². The van der Waals surface area contributed by atoms with Crippen molar-refractivity contribution in [3.05, 3.63) is 70.7 Å². The van der Waals surface area contributed by atoms with Gasteiger partial charge in [-0.15, -0.1) is 0 Å². The average molecular weight is 431 g/mol. The zero-order chi connectivity index (χ0) is 22.3. The minimum Gasteiger partial charge on any atom is -0.462 e. The van der Waals surface area contributed by atoms with Gasteiger partial charge in [-0.1, -0.05) is 54.1 Å². The van der Waals surface area contributed by atoms with Crippen molar-refractivity contribution < 1.29 is 23.9 Å². The number of hydrogen-bond donors (Lipinski definition) is 0. The van der Waals surface area contributed by atoms with E-state index in [1.807, 2.05) is 6.07 Å². The second-order valence-corrected chi connectivity index (χ2v) is 8.04. The number of ketones is 1. The van der Waals surface area contributed by atoms with E-state index in [4.69, 9.17) is 21.1 Å². The van der Waals surface area contributed by atoms with Crippen LogP contribution in [0.3, 0.4) is 0 Å². The molecule has 0 amide bonds. The van der Waals surface area contributed by atoms with Crippen LogP contribution in [0.5, 0.6) is 0 Å². The van der Waals surface area contributed by atoms with Gasteiger partial charge in [-0.3, -0.25) is 14.4 Å². The molecule has 0 fully saturated rings. The van der Waals surface area contributed by atoms with Crippen LogP contribution in [-0.4, -0.2) is 29.9 Å². The summed E-state index contributed by atoms with van der Waals surface area (Å²) in [5, 5.41) is 0.512. The number of ether oxygens (including phenoxy) is 2. The van der Waals surface area contributed by atoms with Crippen molar-refractivity contribution in [2.75, 3.05) is 0 Å². The normalized spacial score (nSPS) is 12.1. The van der Waals surface area contributed by atoms with Gasteiger partial charge in [-0.05, 0) is 45.4 Å². The molecule has 0 heterocycles. The molecule has 0 radical (unpaired) electrons. The van der Waals surface area contributed by atoms with Crippen LogP contribution < -0.4 is 0 Å². The zero-order valence-electron chi connectivity index (χ0n) is 17.6. The molecule has 0 aromatic heterocycles. The molecule has 0 saturated heterocycles. The Kier molecular flexibility index (Phi) is 8.60. The third kappa shape index (κ3) is 6.70. The maximum Gasteiger partial charge on any atom is 0.321 e. The first-order valence-electron chi connectivity index (χ1n) is 9.93. The fraction of sp³-hybridized carbons (Fsp3) is 0.375. The van der Waals surface area contributed by atoms with Crippen LogP contribution in [0.4, 0.5) is 0 Å². The Hall–Kier alpha value is -2.66. The Morgan fingerprint density at radius 3 is 1.77 bits per heavy atom. The Balaban J connectivity index is 2.47. The highest BCUT2D eigenvalue weighted by Gasteiger charge is 2.40. The molecular weight excluding hydrogens is 404 g/mol. The molecule has 0 aliphatic carbocycles. The summed E-state index contributed by atoms with van der Waals surface area (Å²) >= 11 is 6.01. The second-order valence-electron chi connectivity index (χ2n) is 7.60. The summed E-state index contributed by atoms with van der Waals surface area (Å²) in [5.74, 6) is -3.64. The highest BCUT2D eigenvalue weighted by molar-refractivity contribution is 6.30. The van der Waals surface area contributed by atoms with Gasteiger partial charge in [-0.25, -0.2) is 0 Å². The topological polar surface area (TPSA) is 69.7 Å². The van der Waals surface area contributed by atoms with Crippen molar-refractivity contribution in [3.63, 3.8) is 0 Å². The number of carbonyl (C=O) groups excluding carboxylic acids is 3. The summed E-state index contributed by atoms with van der Waals surface area (Å²) in [6, 6.07) is 15.5. The van der Waals surface area contributed by atoms with Gasteiger partial charge in [0, 0.05) is 22.9 Å². The number of halogens is 1. The first kappa shape index (κ1) is 23.6. The first-order chi connectivity index (χ1) is 14.2. The molecule has 2 aromatic rings. The standard InChI is InChI=1S/C24H27ClO5/c1-15(2)29-23(27)22(24(28)30-16(3)4)20(17-10-12-19(25)13-11-17)14-21(26)18-8-6-5-7-9-18/h5-13,15-16,20,22H,14H2,1-4H3. The molecular formula is C24H27ClO5. The largest absolute Gasteiger partial charge is 0.462 e. The van der Waals surface area contributed by atoms with Gasteiger partial charge in [0.1, 0.15) is 0 Å². The number of rotatable bonds is 9. The molecule has 0 bridgehead atoms. The molecule has 6 heteroatoms. The molecule has 160 valence electrons. The van der Waals surface area contributed by atoms with Crippen LogP contribution in [-0.2, 0) is 19.1 Å². The lowest BCUT2D eigenvalue weighted by molar-refractivity contribution is -0.167. The molecule has 1 unspecified atom stereocenters. The molecule has 30 heavy (non-hydrogen) atoms. The number of carbonyl (C=O) groups is 3. The van der Waals surface area contributed by atoms with E-state index in [0.717, 1.165) is 0 Å². The Morgan fingerprint density at radius 1 is 0.800 bits per heavy atom. The lowest BCUT2D eigenvalue weighted by atomic mass is 9.81. The van der Waals surface area contributed by atoms with Gasteiger partial charge in [0.15, 0.2) is 11.7 Å². The molecule has 0 saturated carbocycles. The Bertz CT molecular complexity index is 837. The summed E-state index contributed by atoms with van der Waals surface area (Å²) < 4.78 is 10.7. The molecule has 0 aliphatic heterocycles. The van der Waals surface area contributed by atoms with E-state index in [1.54, 1.807) is 76.2 Å². The van der Waals surface area contributed by atoms with Crippen LogP contribution >= 0.6 is 11.6 Å². The maximum absolute atomic E-state index is 13.0. The third-order valence-corrected chi connectivity index (χ3v) is 4.67.